The van der Waals surface area contributed by atoms with Crippen LogP contribution in [-0.2, 0) is 9.53 Å². The van der Waals surface area contributed by atoms with E-state index in [0.29, 0.717) is 24.4 Å². The molecule has 1 fully saturated rings. The number of anilines is 1. The predicted molar refractivity (Wildman–Crippen MR) is 82.6 cm³/mol. The third kappa shape index (κ3) is 3.32. The molecule has 1 aromatic rings. The topological polar surface area (TPSA) is 78.5 Å². The second kappa shape index (κ2) is 6.51. The Hall–Kier alpha value is -1.84. The van der Waals surface area contributed by atoms with Gasteiger partial charge in [0.15, 0.2) is 0 Å². The summed E-state index contributed by atoms with van der Waals surface area (Å²) in [4.78, 5) is 14.5. The van der Waals surface area contributed by atoms with E-state index in [1.165, 1.54) is 0 Å². The lowest BCUT2D eigenvalue weighted by molar-refractivity contribution is -0.127. The Morgan fingerprint density at radius 1 is 1.36 bits per heavy atom. The van der Waals surface area contributed by atoms with Gasteiger partial charge < -0.3 is 9.15 Å². The minimum absolute atomic E-state index is 0.0989. The Labute approximate surface area is 131 Å². The number of furan rings is 1. The molecule has 0 radical (unpaired) electrons. The molecular weight excluding hydrogens is 282 g/mol. The lowest BCUT2D eigenvalue weighted by atomic mass is 10.1. The number of aryl methyl sites for hydroxylation is 1. The maximum Gasteiger partial charge on any atom is 0.243 e. The highest BCUT2D eigenvalue weighted by Gasteiger charge is 2.30. The smallest absolute Gasteiger partial charge is 0.243 e. The normalized spacial score (nSPS) is 23.8. The van der Waals surface area contributed by atoms with Gasteiger partial charge in [0.2, 0.25) is 11.8 Å². The van der Waals surface area contributed by atoms with Crippen LogP contribution in [0.5, 0.6) is 0 Å². The molecule has 1 aliphatic heterocycles. The van der Waals surface area contributed by atoms with E-state index in [2.05, 4.69) is 16.3 Å². The molecule has 1 amide bonds. The third-order valence-electron chi connectivity index (χ3n) is 4.11. The zero-order valence-corrected chi connectivity index (χ0v) is 13.8. The molecule has 0 unspecified atom stereocenters. The van der Waals surface area contributed by atoms with Crippen molar-refractivity contribution in [3.05, 3.63) is 16.9 Å². The SMILES string of the molecule is Cc1oc(NC(=O)[C@H](C)N2C[C@@H](C)O[C@H](C)C2)c(C#N)c1C. The quantitative estimate of drug-likeness (QED) is 0.926. The average molecular weight is 305 g/mol. The number of hydrogen-bond acceptors (Lipinski definition) is 5. The largest absolute Gasteiger partial charge is 0.444 e. The Balaban J connectivity index is 2.09. The second-order valence-electron chi connectivity index (χ2n) is 5.98. The van der Waals surface area contributed by atoms with E-state index in [0.717, 1.165) is 5.56 Å². The van der Waals surface area contributed by atoms with Gasteiger partial charge in [-0.25, -0.2) is 0 Å². The first-order valence-electron chi connectivity index (χ1n) is 7.54. The monoisotopic (exact) mass is 305 g/mol. The van der Waals surface area contributed by atoms with Crippen LogP contribution in [0.3, 0.4) is 0 Å². The molecule has 6 nitrogen and oxygen atoms in total. The summed E-state index contributed by atoms with van der Waals surface area (Å²) in [6, 6.07) is 1.77. The van der Waals surface area contributed by atoms with Gasteiger partial charge in [-0.3, -0.25) is 15.0 Å². The average Bonchev–Trinajstić information content (AvgIpc) is 2.71. The van der Waals surface area contributed by atoms with Gasteiger partial charge in [0, 0.05) is 18.7 Å². The highest BCUT2D eigenvalue weighted by molar-refractivity contribution is 5.94. The van der Waals surface area contributed by atoms with Crippen molar-refractivity contribution in [3.8, 4) is 6.07 Å². The van der Waals surface area contributed by atoms with E-state index in [4.69, 9.17) is 9.15 Å². The fraction of sp³-hybridized carbons (Fsp3) is 0.625. The molecule has 1 aliphatic rings. The number of nitrogens with zero attached hydrogens (tertiary/aromatic N) is 2. The molecule has 1 saturated heterocycles. The molecule has 6 heteroatoms. The van der Waals surface area contributed by atoms with E-state index in [9.17, 15) is 10.1 Å². The van der Waals surface area contributed by atoms with Crippen LogP contribution in [-0.4, -0.2) is 42.1 Å². The number of nitrogens with one attached hydrogen (secondary N) is 1. The lowest BCUT2D eigenvalue weighted by Gasteiger charge is -2.38. The summed E-state index contributed by atoms with van der Waals surface area (Å²) in [6.45, 7) is 10.9. The summed E-state index contributed by atoms with van der Waals surface area (Å²) >= 11 is 0. The van der Waals surface area contributed by atoms with Crippen LogP contribution >= 0.6 is 0 Å². The first kappa shape index (κ1) is 16.5. The molecule has 120 valence electrons. The maximum atomic E-state index is 12.5. The molecule has 2 heterocycles. The molecule has 0 aliphatic carbocycles. The highest BCUT2D eigenvalue weighted by Crippen LogP contribution is 2.25. The zero-order valence-electron chi connectivity index (χ0n) is 13.8. The predicted octanol–water partition coefficient (Wildman–Crippen LogP) is 2.20. The summed E-state index contributed by atoms with van der Waals surface area (Å²) in [5.74, 6) is 0.711. The van der Waals surface area contributed by atoms with Gasteiger partial charge in [-0.05, 0) is 34.6 Å². The van der Waals surface area contributed by atoms with Crippen LogP contribution in [0.15, 0.2) is 4.42 Å². The van der Waals surface area contributed by atoms with E-state index in [1.807, 2.05) is 27.7 Å². The number of morpholine rings is 1. The van der Waals surface area contributed by atoms with Crippen molar-refractivity contribution in [1.29, 1.82) is 5.26 Å². The van der Waals surface area contributed by atoms with Crippen molar-refractivity contribution in [2.75, 3.05) is 18.4 Å². The molecule has 3 atom stereocenters. The molecule has 0 saturated carbocycles. The standard InChI is InChI=1S/C16H23N3O3/c1-9-7-19(8-10(2)21-9)12(4)15(20)18-16-14(6-17)11(3)13(5)22-16/h9-10,12H,7-8H2,1-5H3,(H,18,20)/t9-,10-,12+/m1/s1. The van der Waals surface area contributed by atoms with Crippen molar-refractivity contribution in [2.45, 2.75) is 52.9 Å². The minimum Gasteiger partial charge on any atom is -0.444 e. The third-order valence-corrected chi connectivity index (χ3v) is 4.11. The van der Waals surface area contributed by atoms with Gasteiger partial charge in [-0.15, -0.1) is 0 Å². The zero-order chi connectivity index (χ0) is 16.4. The van der Waals surface area contributed by atoms with E-state index in [-0.39, 0.29) is 30.0 Å². The van der Waals surface area contributed by atoms with Crippen LogP contribution in [0, 0.1) is 25.2 Å². The summed E-state index contributed by atoms with van der Waals surface area (Å²) < 4.78 is 11.2. The molecule has 0 bridgehead atoms. The summed E-state index contributed by atoms with van der Waals surface area (Å²) in [5, 5.41) is 11.9. The van der Waals surface area contributed by atoms with Crippen molar-refractivity contribution in [3.63, 3.8) is 0 Å². The van der Waals surface area contributed by atoms with Crippen LogP contribution in [0.4, 0.5) is 5.88 Å². The van der Waals surface area contributed by atoms with Gasteiger partial charge in [0.1, 0.15) is 17.4 Å². The van der Waals surface area contributed by atoms with Crippen LogP contribution in [0.25, 0.3) is 0 Å². The number of ether oxygens (including phenoxy) is 1. The number of amides is 1. The number of carbonyl (C=O) groups is 1. The Morgan fingerprint density at radius 3 is 2.50 bits per heavy atom. The number of nitriles is 1. The van der Waals surface area contributed by atoms with Crippen molar-refractivity contribution in [2.24, 2.45) is 0 Å². The van der Waals surface area contributed by atoms with Crippen LogP contribution in [0.2, 0.25) is 0 Å². The van der Waals surface area contributed by atoms with Crippen molar-refractivity contribution >= 4 is 11.8 Å². The van der Waals surface area contributed by atoms with Crippen LogP contribution in [0.1, 0.15) is 37.7 Å². The van der Waals surface area contributed by atoms with Gasteiger partial charge in [0.25, 0.3) is 0 Å². The van der Waals surface area contributed by atoms with Crippen LogP contribution < -0.4 is 5.32 Å². The molecule has 1 N–H and O–H groups in total. The van der Waals surface area contributed by atoms with Crippen molar-refractivity contribution in [1.82, 2.24) is 4.90 Å². The molecule has 2 rings (SSSR count). The fourth-order valence-corrected chi connectivity index (χ4v) is 2.77. The molecule has 0 aromatic carbocycles. The Bertz CT molecular complexity index is 593. The van der Waals surface area contributed by atoms with Gasteiger partial charge in [0.05, 0.1) is 18.2 Å². The lowest BCUT2D eigenvalue weighted by Crippen LogP contribution is -2.52. The molecular formula is C16H23N3O3. The summed E-state index contributed by atoms with van der Waals surface area (Å²) in [7, 11) is 0. The second-order valence-corrected chi connectivity index (χ2v) is 5.98. The van der Waals surface area contributed by atoms with Gasteiger partial charge in [-0.1, -0.05) is 0 Å². The minimum atomic E-state index is -0.314. The molecule has 1 aromatic heterocycles. The number of carbonyl (C=O) groups excluding carboxylic acids is 1. The fourth-order valence-electron chi connectivity index (χ4n) is 2.77. The Morgan fingerprint density at radius 2 is 1.95 bits per heavy atom. The van der Waals surface area contributed by atoms with E-state index < -0.39 is 0 Å². The summed E-state index contributed by atoms with van der Waals surface area (Å²) in [5.41, 5.74) is 1.15. The maximum absolute atomic E-state index is 12.5. The summed E-state index contributed by atoms with van der Waals surface area (Å²) in [6.07, 6.45) is 0.198. The van der Waals surface area contributed by atoms with E-state index >= 15 is 0 Å². The van der Waals surface area contributed by atoms with Crippen molar-refractivity contribution < 1.29 is 13.9 Å². The molecule has 0 spiro atoms. The highest BCUT2D eigenvalue weighted by atomic mass is 16.5. The first-order chi connectivity index (χ1) is 10.3. The number of rotatable bonds is 3. The van der Waals surface area contributed by atoms with Gasteiger partial charge >= 0.3 is 0 Å². The molecule has 22 heavy (non-hydrogen) atoms. The first-order valence-corrected chi connectivity index (χ1v) is 7.54. The number of hydrogen-bond donors (Lipinski definition) is 1. The van der Waals surface area contributed by atoms with Gasteiger partial charge in [-0.2, -0.15) is 5.26 Å². The Kier molecular flexibility index (Phi) is 4.89. The van der Waals surface area contributed by atoms with E-state index in [1.54, 1.807) is 6.92 Å².